The minimum absolute atomic E-state index is 0.0170. The topological polar surface area (TPSA) is 76.6 Å². The third kappa shape index (κ3) is 3.50. The number of carbonyl (C=O) groups excluding carboxylic acids is 1. The maximum absolute atomic E-state index is 13.4. The van der Waals surface area contributed by atoms with Crippen LogP contribution in [0.4, 0.5) is 0 Å². The highest BCUT2D eigenvalue weighted by atomic mass is 32.2. The summed E-state index contributed by atoms with van der Waals surface area (Å²) in [7, 11) is -2.43. The Balaban J connectivity index is 2.00. The summed E-state index contributed by atoms with van der Waals surface area (Å²) in [6.07, 6.45) is 3.35. The van der Waals surface area contributed by atoms with Gasteiger partial charge in [-0.05, 0) is 62.6 Å². The molecule has 1 atom stereocenters. The Bertz CT molecular complexity index is 908. The van der Waals surface area contributed by atoms with Crippen LogP contribution in [0.5, 0.6) is 0 Å². The second kappa shape index (κ2) is 7.17. The summed E-state index contributed by atoms with van der Waals surface area (Å²) < 4.78 is 33.0. The van der Waals surface area contributed by atoms with Crippen LogP contribution in [0.15, 0.2) is 47.5 Å². The molecule has 26 heavy (non-hydrogen) atoms. The van der Waals surface area contributed by atoms with E-state index in [1.807, 2.05) is 25.1 Å². The number of esters is 1. The summed E-state index contributed by atoms with van der Waals surface area (Å²) in [5.41, 5.74) is 1.57. The van der Waals surface area contributed by atoms with Gasteiger partial charge in [0, 0.05) is 12.2 Å². The van der Waals surface area contributed by atoms with Crippen molar-refractivity contribution in [3.8, 4) is 0 Å². The summed E-state index contributed by atoms with van der Waals surface area (Å²) >= 11 is 0. The van der Waals surface area contributed by atoms with E-state index in [2.05, 4.69) is 4.98 Å². The number of nitrogens with zero attached hydrogens (tertiary/aromatic N) is 2. The lowest BCUT2D eigenvalue weighted by Crippen LogP contribution is -2.36. The number of methoxy groups -OCH3 is 1. The van der Waals surface area contributed by atoms with Crippen LogP contribution in [-0.4, -0.2) is 36.8 Å². The summed E-state index contributed by atoms with van der Waals surface area (Å²) in [6, 6.07) is 9.64. The molecule has 7 heteroatoms. The number of hydrogen-bond acceptors (Lipinski definition) is 5. The molecule has 138 valence electrons. The van der Waals surface area contributed by atoms with E-state index in [9.17, 15) is 13.2 Å². The summed E-state index contributed by atoms with van der Waals surface area (Å²) in [5, 5.41) is 0. The molecule has 1 aliphatic rings. The Morgan fingerprint density at radius 2 is 2.00 bits per heavy atom. The monoisotopic (exact) mass is 374 g/mol. The molecule has 0 aliphatic heterocycles. The average molecular weight is 374 g/mol. The Labute approximate surface area is 153 Å². The highest BCUT2D eigenvalue weighted by molar-refractivity contribution is 7.89. The molecule has 0 spiro atoms. The number of carbonyl (C=O) groups is 1. The van der Waals surface area contributed by atoms with Gasteiger partial charge in [0.15, 0.2) is 0 Å². The van der Waals surface area contributed by atoms with Crippen molar-refractivity contribution in [2.75, 3.05) is 7.11 Å². The fourth-order valence-corrected chi connectivity index (χ4v) is 5.16. The molecule has 0 bridgehead atoms. The van der Waals surface area contributed by atoms with Crippen molar-refractivity contribution in [3.63, 3.8) is 0 Å². The first kappa shape index (κ1) is 18.5. The molecular formula is C19H22N2O4S. The largest absolute Gasteiger partial charge is 0.465 e. The van der Waals surface area contributed by atoms with Crippen LogP contribution in [0.2, 0.25) is 0 Å². The fraction of sp³-hybridized carbons (Fsp3) is 0.368. The first-order valence-electron chi connectivity index (χ1n) is 8.49. The third-order valence-corrected chi connectivity index (χ3v) is 6.74. The van der Waals surface area contributed by atoms with Crippen molar-refractivity contribution < 1.29 is 17.9 Å². The van der Waals surface area contributed by atoms with Crippen molar-refractivity contribution in [1.82, 2.24) is 9.29 Å². The Morgan fingerprint density at radius 3 is 2.54 bits per heavy atom. The van der Waals surface area contributed by atoms with E-state index in [1.165, 1.54) is 19.2 Å². The smallest absolute Gasteiger partial charge is 0.337 e. The number of sulfonamides is 1. The maximum Gasteiger partial charge on any atom is 0.337 e. The molecule has 0 amide bonds. The molecule has 1 fully saturated rings. The first-order valence-corrected chi connectivity index (χ1v) is 9.93. The van der Waals surface area contributed by atoms with Gasteiger partial charge in [0.25, 0.3) is 0 Å². The number of ether oxygens (including phenoxy) is 1. The first-order chi connectivity index (χ1) is 12.4. The van der Waals surface area contributed by atoms with Gasteiger partial charge in [-0.1, -0.05) is 6.07 Å². The average Bonchev–Trinajstić information content (AvgIpc) is 3.46. The SMILES string of the molecule is COC(=O)c1ccc(S(=O)(=O)N(C2CC2)[C@@H](C)c2ccccn2)c(C)c1. The number of benzene rings is 1. The van der Waals surface area contributed by atoms with E-state index < -0.39 is 16.0 Å². The van der Waals surface area contributed by atoms with Crippen molar-refractivity contribution in [2.24, 2.45) is 0 Å². The van der Waals surface area contributed by atoms with E-state index in [0.717, 1.165) is 12.8 Å². The van der Waals surface area contributed by atoms with Gasteiger partial charge in [-0.2, -0.15) is 4.31 Å². The van der Waals surface area contributed by atoms with Crippen LogP contribution in [0.1, 0.15) is 47.4 Å². The zero-order chi connectivity index (χ0) is 18.9. The predicted octanol–water partition coefficient (Wildman–Crippen LogP) is 3.09. The van der Waals surface area contributed by atoms with Gasteiger partial charge in [-0.15, -0.1) is 0 Å². The lowest BCUT2D eigenvalue weighted by Gasteiger charge is -2.28. The van der Waals surface area contributed by atoms with Crippen LogP contribution >= 0.6 is 0 Å². The van der Waals surface area contributed by atoms with Gasteiger partial charge in [0.05, 0.1) is 29.3 Å². The molecule has 3 rings (SSSR count). The molecule has 6 nitrogen and oxygen atoms in total. The zero-order valence-electron chi connectivity index (χ0n) is 15.0. The Morgan fingerprint density at radius 1 is 1.27 bits per heavy atom. The van der Waals surface area contributed by atoms with E-state index in [4.69, 9.17) is 4.74 Å². The van der Waals surface area contributed by atoms with Crippen molar-refractivity contribution in [1.29, 1.82) is 0 Å². The van der Waals surface area contributed by atoms with Crippen LogP contribution in [0, 0.1) is 6.92 Å². The fourth-order valence-electron chi connectivity index (χ4n) is 3.10. The van der Waals surface area contributed by atoms with Crippen molar-refractivity contribution in [2.45, 2.75) is 43.7 Å². The summed E-state index contributed by atoms with van der Waals surface area (Å²) in [6.45, 7) is 3.55. The van der Waals surface area contributed by atoms with Crippen LogP contribution < -0.4 is 0 Å². The number of aryl methyl sites for hydroxylation is 1. The van der Waals surface area contributed by atoms with Gasteiger partial charge >= 0.3 is 5.97 Å². The second-order valence-electron chi connectivity index (χ2n) is 6.47. The molecule has 1 heterocycles. The minimum atomic E-state index is -3.72. The molecule has 0 N–H and O–H groups in total. The van der Waals surface area contributed by atoms with Gasteiger partial charge in [0.1, 0.15) is 0 Å². The van der Waals surface area contributed by atoms with Gasteiger partial charge in [0.2, 0.25) is 10.0 Å². The molecule has 0 radical (unpaired) electrons. The quantitative estimate of drug-likeness (QED) is 0.726. The molecule has 1 aromatic heterocycles. The standard InChI is InChI=1S/C19H22N2O4S/c1-13-12-15(19(22)25-3)7-10-18(13)26(23,24)21(16-8-9-16)14(2)17-6-4-5-11-20-17/h4-7,10-12,14,16H,8-9H2,1-3H3/t14-/m0/s1. The number of rotatable bonds is 6. The van der Waals surface area contributed by atoms with Crippen molar-refractivity contribution >= 4 is 16.0 Å². The van der Waals surface area contributed by atoms with Crippen molar-refractivity contribution in [3.05, 3.63) is 59.4 Å². The lowest BCUT2D eigenvalue weighted by molar-refractivity contribution is 0.0600. The van der Waals surface area contributed by atoms with E-state index in [1.54, 1.807) is 23.5 Å². The van der Waals surface area contributed by atoms with Crippen LogP contribution in [0.25, 0.3) is 0 Å². The predicted molar refractivity (Wildman–Crippen MR) is 97.2 cm³/mol. The highest BCUT2D eigenvalue weighted by Gasteiger charge is 2.42. The zero-order valence-corrected chi connectivity index (χ0v) is 15.9. The van der Waals surface area contributed by atoms with Gasteiger partial charge < -0.3 is 4.74 Å². The van der Waals surface area contributed by atoms with E-state index in [-0.39, 0.29) is 17.0 Å². The molecule has 2 aromatic rings. The Hall–Kier alpha value is -2.25. The van der Waals surface area contributed by atoms with E-state index >= 15 is 0 Å². The molecule has 1 saturated carbocycles. The Kier molecular flexibility index (Phi) is 5.11. The molecule has 1 aliphatic carbocycles. The maximum atomic E-state index is 13.4. The third-order valence-electron chi connectivity index (χ3n) is 4.56. The highest BCUT2D eigenvalue weighted by Crippen LogP contribution is 2.39. The lowest BCUT2D eigenvalue weighted by atomic mass is 10.1. The summed E-state index contributed by atoms with van der Waals surface area (Å²) in [5.74, 6) is -0.488. The molecule has 1 aromatic carbocycles. The van der Waals surface area contributed by atoms with E-state index in [0.29, 0.717) is 16.8 Å². The number of pyridine rings is 1. The molecule has 0 unspecified atom stereocenters. The molecule has 0 saturated heterocycles. The van der Waals surface area contributed by atoms with Gasteiger partial charge in [-0.3, -0.25) is 4.98 Å². The molecular weight excluding hydrogens is 352 g/mol. The van der Waals surface area contributed by atoms with Gasteiger partial charge in [-0.25, -0.2) is 13.2 Å². The number of aromatic nitrogens is 1. The van der Waals surface area contributed by atoms with Crippen LogP contribution in [0.3, 0.4) is 0 Å². The minimum Gasteiger partial charge on any atom is -0.465 e. The number of hydrogen-bond donors (Lipinski definition) is 0. The summed E-state index contributed by atoms with van der Waals surface area (Å²) in [4.78, 5) is 16.2. The normalized spacial score (nSPS) is 15.7. The van der Waals surface area contributed by atoms with Crippen LogP contribution in [-0.2, 0) is 14.8 Å². The second-order valence-corrected chi connectivity index (χ2v) is 8.28.